The second-order valence-electron chi connectivity index (χ2n) is 4.12. The maximum Gasteiger partial charge on any atom is 0.269 e. The largest absolute Gasteiger partial charge is 0.269 e. The Morgan fingerprint density at radius 3 is 2.45 bits per heavy atom. The maximum atomic E-state index is 10.7. The van der Waals surface area contributed by atoms with Crippen molar-refractivity contribution in [3.05, 3.63) is 71.0 Å². The van der Waals surface area contributed by atoms with E-state index in [1.54, 1.807) is 29.2 Å². The van der Waals surface area contributed by atoms with Crippen LogP contribution in [0.25, 0.3) is 17.1 Å². The summed E-state index contributed by atoms with van der Waals surface area (Å²) in [5, 5.41) is 14.9. The first-order valence-corrected chi connectivity index (χ1v) is 5.96. The van der Waals surface area contributed by atoms with Crippen molar-refractivity contribution >= 4 is 5.69 Å². The number of aromatic nitrogens is 3. The minimum absolute atomic E-state index is 0.0673. The molecule has 98 valence electrons. The lowest BCUT2D eigenvalue weighted by Gasteiger charge is -2.06. The Morgan fingerprint density at radius 2 is 1.80 bits per heavy atom. The molecule has 0 saturated heterocycles. The molecule has 6 heteroatoms. The molecule has 0 aliphatic heterocycles. The van der Waals surface area contributed by atoms with E-state index in [2.05, 4.69) is 10.1 Å². The van der Waals surface area contributed by atoms with Gasteiger partial charge < -0.3 is 0 Å². The number of hydrogen-bond acceptors (Lipinski definition) is 4. The second-order valence-corrected chi connectivity index (χ2v) is 4.12. The van der Waals surface area contributed by atoms with E-state index in [0.29, 0.717) is 5.82 Å². The Morgan fingerprint density at radius 1 is 1.00 bits per heavy atom. The first-order valence-electron chi connectivity index (χ1n) is 5.96. The fraction of sp³-hybridized carbons (Fsp3) is 0. The molecule has 0 unspecified atom stereocenters. The predicted molar refractivity (Wildman–Crippen MR) is 73.4 cm³/mol. The highest BCUT2D eigenvalue weighted by atomic mass is 16.6. The zero-order valence-electron chi connectivity index (χ0n) is 10.4. The van der Waals surface area contributed by atoms with Crippen LogP contribution in [-0.2, 0) is 0 Å². The molecule has 2 aromatic heterocycles. The molecule has 0 radical (unpaired) electrons. The first-order chi connectivity index (χ1) is 9.75. The quantitative estimate of drug-likeness (QED) is 0.539. The monoisotopic (exact) mass is 266 g/mol. The van der Waals surface area contributed by atoms with E-state index < -0.39 is 4.92 Å². The van der Waals surface area contributed by atoms with Crippen LogP contribution < -0.4 is 0 Å². The fourth-order valence-electron chi connectivity index (χ4n) is 1.94. The highest BCUT2D eigenvalue weighted by molar-refractivity contribution is 5.62. The molecule has 0 aliphatic carbocycles. The Labute approximate surface area is 114 Å². The summed E-state index contributed by atoms with van der Waals surface area (Å²) in [5.74, 6) is 0.700. The van der Waals surface area contributed by atoms with Gasteiger partial charge in [-0.15, -0.1) is 0 Å². The molecule has 0 bridgehead atoms. The highest BCUT2D eigenvalue weighted by Gasteiger charge is 2.10. The SMILES string of the molecule is O=[N+]([O-])c1ccc(-c2ccnn2-c2ccccn2)cc1. The molecule has 0 aliphatic rings. The van der Waals surface area contributed by atoms with Gasteiger partial charge >= 0.3 is 0 Å². The smallest absolute Gasteiger partial charge is 0.258 e. The lowest BCUT2D eigenvalue weighted by atomic mass is 10.1. The number of hydrogen-bond donors (Lipinski definition) is 0. The van der Waals surface area contributed by atoms with Crippen LogP contribution in [0.2, 0.25) is 0 Å². The highest BCUT2D eigenvalue weighted by Crippen LogP contribution is 2.23. The van der Waals surface area contributed by atoms with E-state index in [4.69, 9.17) is 0 Å². The molecule has 0 atom stereocenters. The summed E-state index contributed by atoms with van der Waals surface area (Å²) < 4.78 is 1.70. The lowest BCUT2D eigenvalue weighted by molar-refractivity contribution is -0.384. The molecule has 3 rings (SSSR count). The number of non-ortho nitro benzene ring substituents is 1. The molecule has 20 heavy (non-hydrogen) atoms. The van der Waals surface area contributed by atoms with E-state index in [0.717, 1.165) is 11.3 Å². The van der Waals surface area contributed by atoms with Gasteiger partial charge in [0.2, 0.25) is 0 Å². The molecule has 0 saturated carbocycles. The van der Waals surface area contributed by atoms with Gasteiger partial charge in [-0.05, 0) is 30.3 Å². The van der Waals surface area contributed by atoms with Crippen molar-refractivity contribution in [1.82, 2.24) is 14.8 Å². The van der Waals surface area contributed by atoms with Crippen molar-refractivity contribution in [1.29, 1.82) is 0 Å². The van der Waals surface area contributed by atoms with Crippen molar-refractivity contribution in [2.75, 3.05) is 0 Å². The van der Waals surface area contributed by atoms with Crippen molar-refractivity contribution in [2.45, 2.75) is 0 Å². The predicted octanol–water partition coefficient (Wildman–Crippen LogP) is 2.84. The molecule has 1 aromatic carbocycles. The minimum atomic E-state index is -0.417. The van der Waals surface area contributed by atoms with Crippen LogP contribution in [0.4, 0.5) is 5.69 Å². The molecular formula is C14H10N4O2. The Kier molecular flexibility index (Phi) is 2.96. The van der Waals surface area contributed by atoms with Crippen molar-refractivity contribution in [2.24, 2.45) is 0 Å². The average molecular weight is 266 g/mol. The van der Waals surface area contributed by atoms with Crippen LogP contribution in [0.1, 0.15) is 0 Å². The first kappa shape index (κ1) is 12.0. The zero-order valence-corrected chi connectivity index (χ0v) is 10.4. The van der Waals surface area contributed by atoms with Crippen LogP contribution in [0.5, 0.6) is 0 Å². The number of nitro benzene ring substituents is 1. The summed E-state index contributed by atoms with van der Waals surface area (Å²) in [6, 6.07) is 13.8. The van der Waals surface area contributed by atoms with Gasteiger partial charge in [0.05, 0.1) is 16.8 Å². The van der Waals surface area contributed by atoms with E-state index in [1.807, 2.05) is 24.3 Å². The number of nitrogens with zero attached hydrogens (tertiary/aromatic N) is 4. The van der Waals surface area contributed by atoms with Crippen molar-refractivity contribution < 1.29 is 4.92 Å². The van der Waals surface area contributed by atoms with Gasteiger partial charge in [0.1, 0.15) is 0 Å². The number of rotatable bonds is 3. The standard InChI is InChI=1S/C14H10N4O2/c19-18(20)12-6-4-11(5-7-12)13-8-10-16-17(13)14-3-1-2-9-15-14/h1-10H. The van der Waals surface area contributed by atoms with E-state index in [9.17, 15) is 10.1 Å². The Bertz CT molecular complexity index is 735. The summed E-state index contributed by atoms with van der Waals surface area (Å²) >= 11 is 0. The molecule has 6 nitrogen and oxygen atoms in total. The molecule has 0 amide bonds. The second kappa shape index (κ2) is 4.93. The van der Waals surface area contributed by atoms with E-state index in [1.165, 1.54) is 12.1 Å². The third-order valence-electron chi connectivity index (χ3n) is 2.88. The van der Waals surface area contributed by atoms with Crippen LogP contribution in [0.3, 0.4) is 0 Å². The lowest BCUT2D eigenvalue weighted by Crippen LogP contribution is -2.00. The van der Waals surface area contributed by atoms with Gasteiger partial charge in [0, 0.05) is 23.9 Å². The van der Waals surface area contributed by atoms with Gasteiger partial charge in [-0.3, -0.25) is 10.1 Å². The molecule has 3 aromatic rings. The van der Waals surface area contributed by atoms with Gasteiger partial charge in [-0.2, -0.15) is 5.10 Å². The topological polar surface area (TPSA) is 73.8 Å². The molecule has 2 heterocycles. The molecule has 0 spiro atoms. The maximum absolute atomic E-state index is 10.7. The third-order valence-corrected chi connectivity index (χ3v) is 2.88. The summed E-state index contributed by atoms with van der Waals surface area (Å²) in [6.45, 7) is 0. The van der Waals surface area contributed by atoms with Crippen molar-refractivity contribution in [3.8, 4) is 17.1 Å². The van der Waals surface area contributed by atoms with Gasteiger partial charge in [0.25, 0.3) is 5.69 Å². The normalized spacial score (nSPS) is 10.4. The number of pyridine rings is 1. The van der Waals surface area contributed by atoms with Crippen LogP contribution in [0.15, 0.2) is 60.9 Å². The Hall–Kier alpha value is -3.02. The fourth-order valence-corrected chi connectivity index (χ4v) is 1.94. The Balaban J connectivity index is 2.04. The summed E-state index contributed by atoms with van der Waals surface area (Å²) in [6.07, 6.45) is 3.36. The van der Waals surface area contributed by atoms with Crippen LogP contribution in [0, 0.1) is 10.1 Å². The van der Waals surface area contributed by atoms with E-state index >= 15 is 0 Å². The molecule has 0 N–H and O–H groups in total. The van der Waals surface area contributed by atoms with Gasteiger partial charge in [-0.25, -0.2) is 9.67 Å². The van der Waals surface area contributed by atoms with Crippen LogP contribution >= 0.6 is 0 Å². The summed E-state index contributed by atoms with van der Waals surface area (Å²) in [7, 11) is 0. The zero-order chi connectivity index (χ0) is 13.9. The van der Waals surface area contributed by atoms with E-state index in [-0.39, 0.29) is 5.69 Å². The minimum Gasteiger partial charge on any atom is -0.258 e. The molecule has 0 fully saturated rings. The summed E-state index contributed by atoms with van der Waals surface area (Å²) in [5.41, 5.74) is 1.75. The van der Waals surface area contributed by atoms with Crippen LogP contribution in [-0.4, -0.2) is 19.7 Å². The van der Waals surface area contributed by atoms with Crippen molar-refractivity contribution in [3.63, 3.8) is 0 Å². The third kappa shape index (κ3) is 2.14. The number of benzene rings is 1. The summed E-state index contributed by atoms with van der Waals surface area (Å²) in [4.78, 5) is 14.5. The average Bonchev–Trinajstić information content (AvgIpc) is 2.97. The number of nitro groups is 1. The molecular weight excluding hydrogens is 256 g/mol. The van der Waals surface area contributed by atoms with Gasteiger partial charge in [-0.1, -0.05) is 6.07 Å². The van der Waals surface area contributed by atoms with Gasteiger partial charge in [0.15, 0.2) is 5.82 Å².